The van der Waals surface area contributed by atoms with Crippen molar-refractivity contribution >= 4 is 11.6 Å². The molecule has 0 aliphatic carbocycles. The third-order valence-corrected chi connectivity index (χ3v) is 2.89. The van der Waals surface area contributed by atoms with Gasteiger partial charge in [0.25, 0.3) is 0 Å². The van der Waals surface area contributed by atoms with Crippen molar-refractivity contribution in [2.75, 3.05) is 5.32 Å². The van der Waals surface area contributed by atoms with E-state index in [2.05, 4.69) is 12.2 Å². The lowest BCUT2D eigenvalue weighted by Crippen LogP contribution is -2.22. The first-order valence-corrected chi connectivity index (χ1v) is 6.25. The minimum Gasteiger partial charge on any atom is -0.326 e. The lowest BCUT2D eigenvalue weighted by molar-refractivity contribution is -0.120. The molecule has 1 aromatic rings. The molecule has 0 bridgehead atoms. The fourth-order valence-electron chi connectivity index (χ4n) is 1.75. The number of anilines is 1. The largest absolute Gasteiger partial charge is 0.326 e. The monoisotopic (exact) mass is 234 g/mol. The molecule has 0 fully saturated rings. The second-order valence-corrected chi connectivity index (χ2v) is 4.26. The van der Waals surface area contributed by atoms with Crippen molar-refractivity contribution in [3.05, 3.63) is 24.3 Å². The van der Waals surface area contributed by atoms with E-state index in [0.29, 0.717) is 5.69 Å². The Morgan fingerprint density at radius 3 is 2.41 bits per heavy atom. The van der Waals surface area contributed by atoms with E-state index in [1.165, 1.54) is 12.1 Å². The Kier molecular flexibility index (Phi) is 5.53. The van der Waals surface area contributed by atoms with Gasteiger partial charge in [-0.25, -0.2) is 0 Å². The summed E-state index contributed by atoms with van der Waals surface area (Å²) in [5.74, 6) is 0.0856. The van der Waals surface area contributed by atoms with Crippen LogP contribution in [-0.4, -0.2) is 5.91 Å². The summed E-state index contributed by atoms with van der Waals surface area (Å²) in [6, 6.07) is 6.21. The number of benzene rings is 1. The smallest absolute Gasteiger partial charge is 0.227 e. The quantitative estimate of drug-likeness (QED) is 0.795. The number of carbonyl (C=O) groups is 1. The van der Waals surface area contributed by atoms with E-state index in [1.807, 2.05) is 6.92 Å². The molecule has 0 saturated heterocycles. The van der Waals surface area contributed by atoms with E-state index in [0.717, 1.165) is 25.7 Å². The van der Waals surface area contributed by atoms with Gasteiger partial charge in [0.2, 0.25) is 5.91 Å². The van der Waals surface area contributed by atoms with E-state index < -0.39 is 0 Å². The summed E-state index contributed by atoms with van der Waals surface area (Å²) in [4.78, 5) is 11.9. The third-order valence-electron chi connectivity index (χ3n) is 2.89. The molecule has 1 amide bonds. The molecule has 1 aromatic carbocycles. The molecule has 3 heteroatoms. The SMILES string of the molecule is CCCCC(CC)C(=O)Nc1ccc([O])cc1. The van der Waals surface area contributed by atoms with Crippen molar-refractivity contribution < 1.29 is 9.90 Å². The molecule has 93 valence electrons. The number of hydrogen-bond donors (Lipinski definition) is 1. The lowest BCUT2D eigenvalue weighted by Gasteiger charge is -2.14. The standard InChI is InChI=1S/C14H20NO2/c1-3-5-6-11(4-2)14(17)15-12-7-9-13(16)10-8-12/h7-11H,3-6H2,1-2H3,(H,15,17). The Bertz CT molecular complexity index is 346. The Balaban J connectivity index is 2.54. The van der Waals surface area contributed by atoms with Gasteiger partial charge in [0.15, 0.2) is 5.75 Å². The van der Waals surface area contributed by atoms with Crippen LogP contribution in [0.3, 0.4) is 0 Å². The molecule has 1 rings (SSSR count). The third kappa shape index (κ3) is 4.47. The second-order valence-electron chi connectivity index (χ2n) is 4.26. The number of rotatable bonds is 6. The molecular formula is C14H20NO2. The van der Waals surface area contributed by atoms with Crippen LogP contribution in [-0.2, 0) is 9.90 Å². The number of carbonyl (C=O) groups excluding carboxylic acids is 1. The molecule has 17 heavy (non-hydrogen) atoms. The van der Waals surface area contributed by atoms with Crippen molar-refractivity contribution in [1.29, 1.82) is 0 Å². The minimum absolute atomic E-state index is 0.0407. The normalized spacial score (nSPS) is 12.1. The fraction of sp³-hybridized carbons (Fsp3) is 0.500. The van der Waals surface area contributed by atoms with Crippen molar-refractivity contribution in [2.24, 2.45) is 5.92 Å². The van der Waals surface area contributed by atoms with Crippen molar-refractivity contribution in [3.8, 4) is 5.75 Å². The minimum atomic E-state index is -0.0407. The number of amides is 1. The van der Waals surface area contributed by atoms with Gasteiger partial charge in [0.05, 0.1) is 0 Å². The Morgan fingerprint density at radius 1 is 1.24 bits per heavy atom. The summed E-state index contributed by atoms with van der Waals surface area (Å²) in [6.07, 6.45) is 3.96. The maximum atomic E-state index is 11.9. The van der Waals surface area contributed by atoms with Gasteiger partial charge in [-0.15, -0.1) is 0 Å². The predicted octanol–water partition coefficient (Wildman–Crippen LogP) is 3.99. The summed E-state index contributed by atoms with van der Waals surface area (Å²) in [5.41, 5.74) is 0.699. The molecule has 0 spiro atoms. The van der Waals surface area contributed by atoms with Gasteiger partial charge in [0, 0.05) is 11.6 Å². The molecule has 1 unspecified atom stereocenters. The van der Waals surface area contributed by atoms with Gasteiger partial charge in [-0.3, -0.25) is 9.90 Å². The molecule has 0 aromatic heterocycles. The first-order chi connectivity index (χ1) is 8.17. The van der Waals surface area contributed by atoms with Crippen LogP contribution in [0.4, 0.5) is 5.69 Å². The molecule has 3 nitrogen and oxygen atoms in total. The van der Waals surface area contributed by atoms with Crippen LogP contribution in [0.2, 0.25) is 0 Å². The first kappa shape index (κ1) is 13.6. The predicted molar refractivity (Wildman–Crippen MR) is 68.5 cm³/mol. The van der Waals surface area contributed by atoms with Crippen molar-refractivity contribution in [2.45, 2.75) is 39.5 Å². The van der Waals surface area contributed by atoms with Gasteiger partial charge in [-0.05, 0) is 37.1 Å². The van der Waals surface area contributed by atoms with E-state index in [4.69, 9.17) is 0 Å². The lowest BCUT2D eigenvalue weighted by atomic mass is 9.98. The average Bonchev–Trinajstić information content (AvgIpc) is 2.33. The summed E-state index contributed by atoms with van der Waals surface area (Å²) in [5, 5.41) is 13.8. The molecule has 0 heterocycles. The van der Waals surface area contributed by atoms with Gasteiger partial charge in [-0.2, -0.15) is 0 Å². The fourth-order valence-corrected chi connectivity index (χ4v) is 1.75. The van der Waals surface area contributed by atoms with Crippen molar-refractivity contribution in [1.82, 2.24) is 0 Å². The number of nitrogens with one attached hydrogen (secondary N) is 1. The molecule has 1 radical (unpaired) electrons. The second kappa shape index (κ2) is 6.94. The van der Waals surface area contributed by atoms with E-state index in [9.17, 15) is 9.90 Å². The van der Waals surface area contributed by atoms with E-state index in [-0.39, 0.29) is 17.6 Å². The first-order valence-electron chi connectivity index (χ1n) is 6.25. The summed E-state index contributed by atoms with van der Waals surface area (Å²) in [6.45, 7) is 4.15. The summed E-state index contributed by atoms with van der Waals surface area (Å²) < 4.78 is 0. The summed E-state index contributed by atoms with van der Waals surface area (Å²) in [7, 11) is 0. The zero-order chi connectivity index (χ0) is 12.7. The Labute approximate surface area is 103 Å². The average molecular weight is 234 g/mol. The van der Waals surface area contributed by atoms with Crippen LogP contribution in [0.5, 0.6) is 5.75 Å². The van der Waals surface area contributed by atoms with Crippen molar-refractivity contribution in [3.63, 3.8) is 0 Å². The van der Waals surface area contributed by atoms with Gasteiger partial charge >= 0.3 is 0 Å². The molecule has 0 saturated carbocycles. The van der Waals surface area contributed by atoms with Crippen LogP contribution in [0, 0.1) is 5.92 Å². The molecule has 0 aliphatic rings. The highest BCUT2D eigenvalue weighted by molar-refractivity contribution is 5.92. The van der Waals surface area contributed by atoms with Crippen LogP contribution < -0.4 is 5.32 Å². The zero-order valence-corrected chi connectivity index (χ0v) is 10.5. The topological polar surface area (TPSA) is 49.0 Å². The molecular weight excluding hydrogens is 214 g/mol. The van der Waals surface area contributed by atoms with Gasteiger partial charge in [0.1, 0.15) is 0 Å². The highest BCUT2D eigenvalue weighted by Gasteiger charge is 2.15. The van der Waals surface area contributed by atoms with Crippen LogP contribution >= 0.6 is 0 Å². The highest BCUT2D eigenvalue weighted by atomic mass is 16.3. The Hall–Kier alpha value is -1.51. The van der Waals surface area contributed by atoms with E-state index >= 15 is 0 Å². The highest BCUT2D eigenvalue weighted by Crippen LogP contribution is 2.18. The number of hydrogen-bond acceptors (Lipinski definition) is 1. The maximum absolute atomic E-state index is 11.9. The number of unbranched alkanes of at least 4 members (excludes halogenated alkanes) is 1. The van der Waals surface area contributed by atoms with Gasteiger partial charge < -0.3 is 5.32 Å². The van der Waals surface area contributed by atoms with Crippen LogP contribution in [0.25, 0.3) is 0 Å². The molecule has 1 N–H and O–H groups in total. The zero-order valence-electron chi connectivity index (χ0n) is 10.5. The molecule has 1 atom stereocenters. The maximum Gasteiger partial charge on any atom is 0.227 e. The molecule has 0 aliphatic heterocycles. The van der Waals surface area contributed by atoms with Gasteiger partial charge in [-0.1, -0.05) is 26.7 Å². The van der Waals surface area contributed by atoms with E-state index in [1.54, 1.807) is 12.1 Å². The van der Waals surface area contributed by atoms with Crippen LogP contribution in [0.1, 0.15) is 39.5 Å². The Morgan fingerprint density at radius 2 is 1.88 bits per heavy atom. The van der Waals surface area contributed by atoms with Crippen LogP contribution in [0.15, 0.2) is 24.3 Å². The summed E-state index contributed by atoms with van der Waals surface area (Å²) >= 11 is 0.